The summed E-state index contributed by atoms with van der Waals surface area (Å²) >= 11 is 0. The van der Waals surface area contributed by atoms with Gasteiger partial charge in [-0.05, 0) is 26.3 Å². The Balaban J connectivity index is 2.65. The molecule has 0 spiro atoms. The summed E-state index contributed by atoms with van der Waals surface area (Å²) in [6.07, 6.45) is -0.824. The summed E-state index contributed by atoms with van der Waals surface area (Å²) in [6.45, 7) is 4.54. The van der Waals surface area contributed by atoms with E-state index in [0.717, 1.165) is 5.56 Å². The molecule has 27 heavy (non-hydrogen) atoms. The number of carbonyl (C=O) groups is 3. The molecular weight excluding hydrogens is 356 g/mol. The summed E-state index contributed by atoms with van der Waals surface area (Å²) in [5.74, 6) is -2.18. The number of hydrogen-bond donors (Lipinski definition) is 3. The van der Waals surface area contributed by atoms with E-state index in [9.17, 15) is 14.4 Å². The molecule has 0 saturated heterocycles. The molecule has 1 rings (SSSR count). The number of nitrogens with one attached hydrogen (secondary N) is 1. The molecule has 0 radical (unpaired) electrons. The first-order valence-electron chi connectivity index (χ1n) is 8.34. The SMILES string of the molecule is CC(C)(C)OC(=O)N[C@@H](COCc1ccccc1)C(=O)OC[C@H](N)C(=O)O. The normalized spacial score (nSPS) is 13.3. The summed E-state index contributed by atoms with van der Waals surface area (Å²) in [7, 11) is 0. The number of nitrogens with two attached hydrogens (primary N) is 1. The summed E-state index contributed by atoms with van der Waals surface area (Å²) < 4.78 is 15.5. The van der Waals surface area contributed by atoms with E-state index >= 15 is 0 Å². The van der Waals surface area contributed by atoms with Crippen LogP contribution in [0.4, 0.5) is 4.79 Å². The van der Waals surface area contributed by atoms with Crippen molar-refractivity contribution in [3.63, 3.8) is 0 Å². The van der Waals surface area contributed by atoms with Crippen LogP contribution >= 0.6 is 0 Å². The highest BCUT2D eigenvalue weighted by Gasteiger charge is 2.27. The van der Waals surface area contributed by atoms with Gasteiger partial charge in [-0.15, -0.1) is 0 Å². The van der Waals surface area contributed by atoms with E-state index in [4.69, 9.17) is 25.1 Å². The van der Waals surface area contributed by atoms with E-state index in [2.05, 4.69) is 5.32 Å². The summed E-state index contributed by atoms with van der Waals surface area (Å²) in [5, 5.41) is 11.1. The van der Waals surface area contributed by atoms with Crippen LogP contribution in [0.1, 0.15) is 26.3 Å². The van der Waals surface area contributed by atoms with E-state index < -0.39 is 42.3 Å². The van der Waals surface area contributed by atoms with Crippen molar-refractivity contribution in [3.8, 4) is 0 Å². The van der Waals surface area contributed by atoms with Gasteiger partial charge in [-0.2, -0.15) is 0 Å². The van der Waals surface area contributed by atoms with Crippen LogP contribution in [0, 0.1) is 0 Å². The predicted octanol–water partition coefficient (Wildman–Crippen LogP) is 1.05. The number of aliphatic carboxylic acids is 1. The molecule has 0 unspecified atom stereocenters. The number of esters is 1. The van der Waals surface area contributed by atoms with Gasteiger partial charge in [-0.3, -0.25) is 4.79 Å². The Morgan fingerprint density at radius 3 is 2.33 bits per heavy atom. The number of rotatable bonds is 9. The second-order valence-electron chi connectivity index (χ2n) is 6.77. The monoisotopic (exact) mass is 382 g/mol. The van der Waals surface area contributed by atoms with Crippen LogP contribution in [-0.2, 0) is 30.4 Å². The summed E-state index contributed by atoms with van der Waals surface area (Å²) in [4.78, 5) is 34.8. The lowest BCUT2D eigenvalue weighted by Crippen LogP contribution is -2.48. The molecular formula is C18H26N2O7. The van der Waals surface area contributed by atoms with Crippen molar-refractivity contribution in [1.29, 1.82) is 0 Å². The largest absolute Gasteiger partial charge is 0.480 e. The molecule has 1 aromatic rings. The van der Waals surface area contributed by atoms with Crippen LogP contribution in [0.25, 0.3) is 0 Å². The predicted molar refractivity (Wildman–Crippen MR) is 95.8 cm³/mol. The first-order chi connectivity index (χ1) is 12.6. The maximum Gasteiger partial charge on any atom is 0.408 e. The third-order valence-electron chi connectivity index (χ3n) is 3.09. The van der Waals surface area contributed by atoms with Crippen molar-refractivity contribution in [2.45, 2.75) is 45.1 Å². The van der Waals surface area contributed by atoms with Gasteiger partial charge in [0.2, 0.25) is 0 Å². The van der Waals surface area contributed by atoms with E-state index in [0.29, 0.717) is 0 Å². The molecule has 150 valence electrons. The first-order valence-corrected chi connectivity index (χ1v) is 8.34. The highest BCUT2D eigenvalue weighted by Crippen LogP contribution is 2.08. The Kier molecular flexibility index (Phi) is 8.70. The van der Waals surface area contributed by atoms with Gasteiger partial charge in [0.05, 0.1) is 13.2 Å². The van der Waals surface area contributed by atoms with E-state index in [1.54, 1.807) is 20.8 Å². The van der Waals surface area contributed by atoms with Gasteiger partial charge in [0.25, 0.3) is 0 Å². The minimum absolute atomic E-state index is 0.185. The molecule has 4 N–H and O–H groups in total. The van der Waals surface area contributed by atoms with Gasteiger partial charge in [0, 0.05) is 0 Å². The van der Waals surface area contributed by atoms with Gasteiger partial charge in [0.1, 0.15) is 18.2 Å². The number of benzene rings is 1. The number of alkyl carbamates (subject to hydrolysis) is 1. The van der Waals surface area contributed by atoms with Gasteiger partial charge in [0.15, 0.2) is 6.04 Å². The number of carboxylic acids is 1. The average molecular weight is 382 g/mol. The number of carbonyl (C=O) groups excluding carboxylic acids is 2. The average Bonchev–Trinajstić information content (AvgIpc) is 2.57. The van der Waals surface area contributed by atoms with Gasteiger partial charge < -0.3 is 30.4 Å². The Labute approximate surface area is 157 Å². The van der Waals surface area contributed by atoms with Crippen molar-refractivity contribution in [2.75, 3.05) is 13.2 Å². The maximum atomic E-state index is 12.2. The fourth-order valence-corrected chi connectivity index (χ4v) is 1.83. The minimum Gasteiger partial charge on any atom is -0.480 e. The molecule has 1 aromatic carbocycles. The zero-order valence-corrected chi connectivity index (χ0v) is 15.6. The van der Waals surface area contributed by atoms with Crippen molar-refractivity contribution in [2.24, 2.45) is 5.73 Å². The first kappa shape index (κ1) is 22.4. The van der Waals surface area contributed by atoms with Crippen LogP contribution in [0.2, 0.25) is 0 Å². The zero-order valence-electron chi connectivity index (χ0n) is 15.6. The van der Waals surface area contributed by atoms with E-state index in [1.165, 1.54) is 0 Å². The Morgan fingerprint density at radius 1 is 1.15 bits per heavy atom. The Morgan fingerprint density at radius 2 is 1.78 bits per heavy atom. The molecule has 0 aliphatic carbocycles. The minimum atomic E-state index is -1.36. The van der Waals surface area contributed by atoms with Gasteiger partial charge in [-0.25, -0.2) is 9.59 Å². The summed E-state index contributed by atoms with van der Waals surface area (Å²) in [6, 6.07) is 6.71. The summed E-state index contributed by atoms with van der Waals surface area (Å²) in [5.41, 5.74) is 5.43. The molecule has 0 aliphatic rings. The third-order valence-corrected chi connectivity index (χ3v) is 3.09. The lowest BCUT2D eigenvalue weighted by molar-refractivity contribution is -0.151. The standard InChI is InChI=1S/C18H26N2O7/c1-18(2,3)27-17(24)20-14(16(23)26-10-13(19)15(21)22)11-25-9-12-7-5-4-6-8-12/h4-8,13-14H,9-11,19H2,1-3H3,(H,20,24)(H,21,22)/t13-,14-/m0/s1. The second-order valence-corrected chi connectivity index (χ2v) is 6.77. The molecule has 1 amide bonds. The van der Waals surface area contributed by atoms with Crippen molar-refractivity contribution >= 4 is 18.0 Å². The number of hydrogen-bond acceptors (Lipinski definition) is 7. The highest BCUT2D eigenvalue weighted by atomic mass is 16.6. The molecule has 0 saturated carbocycles. The van der Waals surface area contributed by atoms with Crippen molar-refractivity contribution in [1.82, 2.24) is 5.32 Å². The lowest BCUT2D eigenvalue weighted by atomic mass is 10.2. The number of amides is 1. The number of carboxylic acid groups (broad SMARTS) is 1. The van der Waals surface area contributed by atoms with Gasteiger partial charge >= 0.3 is 18.0 Å². The topological polar surface area (TPSA) is 137 Å². The maximum absolute atomic E-state index is 12.2. The van der Waals surface area contributed by atoms with Crippen LogP contribution in [-0.4, -0.2) is 54.0 Å². The molecule has 0 heterocycles. The highest BCUT2D eigenvalue weighted by molar-refractivity contribution is 5.82. The zero-order chi connectivity index (χ0) is 20.4. The van der Waals surface area contributed by atoms with Crippen LogP contribution in [0.5, 0.6) is 0 Å². The molecule has 0 aliphatic heterocycles. The van der Waals surface area contributed by atoms with Crippen molar-refractivity contribution in [3.05, 3.63) is 35.9 Å². The second kappa shape index (κ2) is 10.5. The third kappa shape index (κ3) is 9.57. The quantitative estimate of drug-likeness (QED) is 0.539. The Bertz CT molecular complexity index is 628. The fraction of sp³-hybridized carbons (Fsp3) is 0.500. The van der Waals surface area contributed by atoms with Crippen LogP contribution < -0.4 is 11.1 Å². The van der Waals surface area contributed by atoms with E-state index in [-0.39, 0.29) is 13.2 Å². The molecule has 9 nitrogen and oxygen atoms in total. The van der Waals surface area contributed by atoms with Crippen LogP contribution in [0.3, 0.4) is 0 Å². The molecule has 2 atom stereocenters. The number of ether oxygens (including phenoxy) is 3. The molecule has 0 bridgehead atoms. The molecule has 0 aromatic heterocycles. The smallest absolute Gasteiger partial charge is 0.408 e. The lowest BCUT2D eigenvalue weighted by Gasteiger charge is -2.23. The van der Waals surface area contributed by atoms with E-state index in [1.807, 2.05) is 30.3 Å². The molecule has 9 heteroatoms. The van der Waals surface area contributed by atoms with Gasteiger partial charge in [-0.1, -0.05) is 30.3 Å². The molecule has 0 fully saturated rings. The van der Waals surface area contributed by atoms with Crippen molar-refractivity contribution < 1.29 is 33.7 Å². The fourth-order valence-electron chi connectivity index (χ4n) is 1.83. The van der Waals surface area contributed by atoms with Crippen LogP contribution in [0.15, 0.2) is 30.3 Å². The Hall–Kier alpha value is -2.65.